The molecule has 230 valence electrons. The third kappa shape index (κ3) is 6.28. The minimum Gasteiger partial charge on any atom is -0.598 e. The van der Waals surface area contributed by atoms with Crippen LogP contribution in [0.2, 0.25) is 5.02 Å². The van der Waals surface area contributed by atoms with Crippen LogP contribution in [0.15, 0.2) is 90.0 Å². The topological polar surface area (TPSA) is 120 Å². The highest BCUT2D eigenvalue weighted by Crippen LogP contribution is 2.37. The van der Waals surface area contributed by atoms with Crippen molar-refractivity contribution in [2.45, 2.75) is 62.8 Å². The average Bonchev–Trinajstić information content (AvgIpc) is 3.36. The predicted octanol–water partition coefficient (Wildman–Crippen LogP) is 6.67. The van der Waals surface area contributed by atoms with E-state index in [1.54, 1.807) is 92.8 Å². The molecular weight excluding hydrogens is 616 g/mol. The van der Waals surface area contributed by atoms with Gasteiger partial charge in [0.15, 0.2) is 5.82 Å². The molecule has 2 N–H and O–H groups in total. The molecule has 11 heteroatoms. The van der Waals surface area contributed by atoms with Gasteiger partial charge in [-0.25, -0.2) is 17.4 Å². The molecule has 0 amide bonds. The minimum absolute atomic E-state index is 0.0751. The Morgan fingerprint density at radius 1 is 0.977 bits per heavy atom. The van der Waals surface area contributed by atoms with Gasteiger partial charge < -0.3 is 9.66 Å². The van der Waals surface area contributed by atoms with Gasteiger partial charge in [-0.05, 0) is 89.1 Å². The van der Waals surface area contributed by atoms with Gasteiger partial charge in [-0.15, -0.1) is 4.72 Å². The number of rotatable bonds is 8. The van der Waals surface area contributed by atoms with Gasteiger partial charge in [-0.2, -0.15) is 0 Å². The monoisotopic (exact) mass is 650 g/mol. The van der Waals surface area contributed by atoms with E-state index >= 15 is 0 Å². The Bertz CT molecular complexity index is 1930. The van der Waals surface area contributed by atoms with Gasteiger partial charge in [0.1, 0.15) is 10.8 Å². The summed E-state index contributed by atoms with van der Waals surface area (Å²) in [6.07, 6.45) is 1.60. The number of aromatic nitrogens is 3. The van der Waals surface area contributed by atoms with Crippen LogP contribution < -0.4 is 4.72 Å². The largest absolute Gasteiger partial charge is 0.598 e. The molecule has 0 bridgehead atoms. The van der Waals surface area contributed by atoms with Crippen molar-refractivity contribution in [2.75, 3.05) is 0 Å². The lowest BCUT2D eigenvalue weighted by molar-refractivity contribution is 0.0785. The first-order valence-electron chi connectivity index (χ1n) is 14.0. The van der Waals surface area contributed by atoms with E-state index in [0.717, 1.165) is 5.56 Å². The fourth-order valence-corrected chi connectivity index (χ4v) is 7.29. The Morgan fingerprint density at radius 3 is 2.30 bits per heavy atom. The third-order valence-electron chi connectivity index (χ3n) is 7.22. The second-order valence-electron chi connectivity index (χ2n) is 12.2. The molecule has 44 heavy (non-hydrogen) atoms. The zero-order valence-corrected chi connectivity index (χ0v) is 27.8. The van der Waals surface area contributed by atoms with Crippen molar-refractivity contribution < 1.29 is 18.1 Å². The number of imidazole rings is 1. The smallest absolute Gasteiger partial charge is 0.269 e. The van der Waals surface area contributed by atoms with Gasteiger partial charge in [-0.3, -0.25) is 4.98 Å². The number of nitrogens with one attached hydrogen (secondary N) is 1. The molecule has 2 heterocycles. The Kier molecular flexibility index (Phi) is 8.71. The van der Waals surface area contributed by atoms with E-state index in [4.69, 9.17) is 16.6 Å². The first-order chi connectivity index (χ1) is 20.6. The van der Waals surface area contributed by atoms with Crippen LogP contribution in [0.3, 0.4) is 0 Å². The predicted molar refractivity (Wildman–Crippen MR) is 176 cm³/mol. The summed E-state index contributed by atoms with van der Waals surface area (Å²) in [5.74, 6) is 0.0948. The number of fused-ring (bicyclic) bond motifs is 1. The fourth-order valence-electron chi connectivity index (χ4n) is 4.76. The summed E-state index contributed by atoms with van der Waals surface area (Å²) in [5, 5.41) is 11.0. The van der Waals surface area contributed by atoms with Crippen LogP contribution in [0.25, 0.3) is 22.3 Å². The number of aryl methyl sites for hydroxylation is 1. The fraction of sp³-hybridized carbons (Fsp3) is 0.273. The van der Waals surface area contributed by atoms with Crippen LogP contribution in [-0.2, 0) is 27.0 Å². The molecule has 8 nitrogen and oxygen atoms in total. The van der Waals surface area contributed by atoms with E-state index in [1.807, 2.05) is 33.8 Å². The summed E-state index contributed by atoms with van der Waals surface area (Å²) in [7, 11) is -4.23. The summed E-state index contributed by atoms with van der Waals surface area (Å²) in [6, 6.07) is 21.4. The lowest BCUT2D eigenvalue weighted by atomic mass is 9.97. The zero-order valence-electron chi connectivity index (χ0n) is 25.4. The minimum atomic E-state index is -4.23. The number of halogens is 1. The molecule has 0 spiro atoms. The molecule has 0 aliphatic rings. The SMILES string of the molecule is Cc1ccc(S(=O)(=O)n2c([C@H](N[S+]([O-])C(C)(C)C)c3ccccc3Cl)nc3c(-c4cc(C(C)(C)O)ccn4)cccc32)cc1. The highest BCUT2D eigenvalue weighted by Gasteiger charge is 2.37. The van der Waals surface area contributed by atoms with E-state index in [9.17, 15) is 18.1 Å². The first-order valence-corrected chi connectivity index (χ1v) is 17.0. The van der Waals surface area contributed by atoms with Crippen LogP contribution >= 0.6 is 11.6 Å². The molecule has 2 atom stereocenters. The highest BCUT2D eigenvalue weighted by molar-refractivity contribution is 7.91. The quantitative estimate of drug-likeness (QED) is 0.180. The molecule has 0 saturated heterocycles. The van der Waals surface area contributed by atoms with Gasteiger partial charge in [0.25, 0.3) is 10.0 Å². The van der Waals surface area contributed by atoms with Gasteiger partial charge in [-0.1, -0.05) is 59.6 Å². The lowest BCUT2D eigenvalue weighted by Gasteiger charge is -2.28. The number of hydrogen-bond donors (Lipinski definition) is 2. The van der Waals surface area contributed by atoms with Gasteiger partial charge >= 0.3 is 0 Å². The summed E-state index contributed by atoms with van der Waals surface area (Å²) < 4.78 is 46.3. The number of para-hydroxylation sites is 1. The number of nitrogens with zero attached hydrogens (tertiary/aromatic N) is 3. The number of hydrogen-bond acceptors (Lipinski definition) is 7. The summed E-state index contributed by atoms with van der Waals surface area (Å²) in [5.41, 5.74) is 2.72. The molecule has 0 aliphatic carbocycles. The molecule has 0 aliphatic heterocycles. The standard InChI is InChI=1S/C33H35ClN4O4S2/c1-21-14-16-23(17-15-21)44(41,42)38-28-13-9-11-25(27-20-22(18-19-35-27)33(5,6)39)29(28)36-31(38)30(37-43(40)32(2,3)4)24-10-7-8-12-26(24)34/h7-20,30,37,39H,1-6H3/t30-,43?/m1/s1. The first kappa shape index (κ1) is 32.2. The summed E-state index contributed by atoms with van der Waals surface area (Å²) >= 11 is 5.06. The molecule has 0 radical (unpaired) electrons. The van der Waals surface area contributed by atoms with Crippen LogP contribution in [-0.4, -0.2) is 36.8 Å². The molecule has 5 rings (SSSR count). The highest BCUT2D eigenvalue weighted by atomic mass is 35.5. The van der Waals surface area contributed by atoms with Crippen molar-refractivity contribution in [1.82, 2.24) is 18.7 Å². The van der Waals surface area contributed by atoms with Crippen molar-refractivity contribution >= 4 is 44.0 Å². The van der Waals surface area contributed by atoms with Crippen molar-refractivity contribution in [3.63, 3.8) is 0 Å². The summed E-state index contributed by atoms with van der Waals surface area (Å²) in [4.78, 5) is 9.59. The maximum absolute atomic E-state index is 14.5. The molecule has 3 aromatic carbocycles. The van der Waals surface area contributed by atoms with Gasteiger partial charge in [0, 0.05) is 28.1 Å². The third-order valence-corrected chi connectivity index (χ3v) is 10.9. The molecule has 5 aromatic rings. The van der Waals surface area contributed by atoms with E-state index < -0.39 is 37.8 Å². The number of aliphatic hydroxyl groups is 1. The van der Waals surface area contributed by atoms with Crippen LogP contribution in [0.5, 0.6) is 0 Å². The zero-order chi connectivity index (χ0) is 32.0. The van der Waals surface area contributed by atoms with Crippen molar-refractivity contribution in [2.24, 2.45) is 0 Å². The number of benzene rings is 3. The molecule has 0 fully saturated rings. The Balaban J connectivity index is 1.86. The molecule has 0 saturated carbocycles. The van der Waals surface area contributed by atoms with Gasteiger partial charge in [0.2, 0.25) is 0 Å². The summed E-state index contributed by atoms with van der Waals surface area (Å²) in [6.45, 7) is 10.7. The number of pyridine rings is 1. The second kappa shape index (κ2) is 11.9. The van der Waals surface area contributed by atoms with Crippen molar-refractivity contribution in [1.29, 1.82) is 0 Å². The van der Waals surface area contributed by atoms with Crippen LogP contribution in [0, 0.1) is 6.92 Å². The van der Waals surface area contributed by atoms with E-state index in [2.05, 4.69) is 9.71 Å². The Morgan fingerprint density at radius 2 is 1.66 bits per heavy atom. The van der Waals surface area contributed by atoms with Crippen molar-refractivity contribution in [3.05, 3.63) is 113 Å². The second-order valence-corrected chi connectivity index (χ2v) is 16.4. The van der Waals surface area contributed by atoms with Crippen LogP contribution in [0.4, 0.5) is 0 Å². The molecular formula is C33H35ClN4O4S2. The Hall–Kier alpha value is -3.25. The Labute approximate surface area is 266 Å². The lowest BCUT2D eigenvalue weighted by Crippen LogP contribution is -2.42. The van der Waals surface area contributed by atoms with Gasteiger partial charge in [0.05, 0.1) is 27.2 Å². The van der Waals surface area contributed by atoms with E-state index in [0.29, 0.717) is 38.4 Å². The van der Waals surface area contributed by atoms with Crippen LogP contribution in [0.1, 0.15) is 63.2 Å². The molecule has 1 unspecified atom stereocenters. The van der Waals surface area contributed by atoms with Crippen molar-refractivity contribution in [3.8, 4) is 11.3 Å². The van der Waals surface area contributed by atoms with E-state index in [-0.39, 0.29) is 10.7 Å². The molecule has 2 aromatic heterocycles. The maximum Gasteiger partial charge on any atom is 0.269 e. The maximum atomic E-state index is 14.5. The van der Waals surface area contributed by atoms with E-state index in [1.165, 1.54) is 3.97 Å². The normalized spacial score (nSPS) is 14.1. The average molecular weight is 651 g/mol.